The van der Waals surface area contributed by atoms with E-state index in [4.69, 9.17) is 4.74 Å². The van der Waals surface area contributed by atoms with Crippen LogP contribution < -0.4 is 10.2 Å². The largest absolute Gasteiger partial charge is 0.371 e. The van der Waals surface area contributed by atoms with Crippen molar-refractivity contribution in [2.24, 2.45) is 13.0 Å². The molecule has 0 radical (unpaired) electrons. The first-order chi connectivity index (χ1) is 12.1. The monoisotopic (exact) mass is 342 g/mol. The summed E-state index contributed by atoms with van der Waals surface area (Å²) >= 11 is 0. The van der Waals surface area contributed by atoms with Gasteiger partial charge in [0, 0.05) is 32.2 Å². The Morgan fingerprint density at radius 2 is 2.20 bits per heavy atom. The Balaban J connectivity index is 1.22. The smallest absolute Gasteiger partial charge is 0.254 e. The van der Waals surface area contributed by atoms with Gasteiger partial charge >= 0.3 is 0 Å². The Bertz CT molecular complexity index is 731. The van der Waals surface area contributed by atoms with Gasteiger partial charge in [-0.25, -0.2) is 9.97 Å². The van der Waals surface area contributed by atoms with Gasteiger partial charge in [0.1, 0.15) is 5.60 Å². The number of hydrogen-bond donors (Lipinski definition) is 1. The van der Waals surface area contributed by atoms with Crippen LogP contribution in [0.25, 0.3) is 0 Å². The zero-order valence-electron chi connectivity index (χ0n) is 14.3. The van der Waals surface area contributed by atoms with E-state index in [1.165, 1.54) is 0 Å². The molecule has 25 heavy (non-hydrogen) atoms. The molecule has 2 saturated heterocycles. The molecule has 2 aromatic heterocycles. The number of amides is 1. The van der Waals surface area contributed by atoms with E-state index in [1.54, 1.807) is 36.5 Å². The standard InChI is InChI=1S/C17H22N6O2/c1-22-9-14(8-21-22)15(24)20-7-13-3-4-17(25-10-13)11-23(12-17)16-18-5-2-6-19-16/h2,5-6,8-9,13H,3-4,7,10-12H2,1H3,(H,20,24). The number of anilines is 1. The average molecular weight is 342 g/mol. The molecule has 132 valence electrons. The molecular formula is C17H22N6O2. The topological polar surface area (TPSA) is 85.2 Å². The molecule has 4 heterocycles. The van der Waals surface area contributed by atoms with E-state index in [0.717, 1.165) is 31.9 Å². The third-order valence-electron chi connectivity index (χ3n) is 4.94. The summed E-state index contributed by atoms with van der Waals surface area (Å²) in [6.45, 7) is 2.99. The molecule has 1 spiro atoms. The second-order valence-electron chi connectivity index (χ2n) is 6.92. The predicted molar refractivity (Wildman–Crippen MR) is 91.2 cm³/mol. The van der Waals surface area contributed by atoms with Gasteiger partial charge in [-0.1, -0.05) is 0 Å². The van der Waals surface area contributed by atoms with Gasteiger partial charge in [-0.2, -0.15) is 5.10 Å². The number of rotatable bonds is 4. The first-order valence-electron chi connectivity index (χ1n) is 8.56. The summed E-state index contributed by atoms with van der Waals surface area (Å²) in [6.07, 6.45) is 8.87. The van der Waals surface area contributed by atoms with Gasteiger partial charge in [-0.05, 0) is 24.8 Å². The first-order valence-corrected chi connectivity index (χ1v) is 8.56. The van der Waals surface area contributed by atoms with Crippen LogP contribution in [0.1, 0.15) is 23.2 Å². The SMILES string of the molecule is Cn1cc(C(=O)NCC2CCC3(CN(c4ncccn4)C3)OC2)cn1. The van der Waals surface area contributed by atoms with Crippen LogP contribution in [0.4, 0.5) is 5.95 Å². The van der Waals surface area contributed by atoms with E-state index in [1.807, 2.05) is 6.07 Å². The Morgan fingerprint density at radius 1 is 1.40 bits per heavy atom. The van der Waals surface area contributed by atoms with Crippen molar-refractivity contribution in [3.63, 3.8) is 0 Å². The maximum Gasteiger partial charge on any atom is 0.254 e. The zero-order valence-corrected chi connectivity index (χ0v) is 14.3. The molecule has 8 nitrogen and oxygen atoms in total. The zero-order chi connectivity index (χ0) is 17.3. The molecule has 0 aliphatic carbocycles. The number of ether oxygens (including phenoxy) is 1. The summed E-state index contributed by atoms with van der Waals surface area (Å²) in [5.41, 5.74) is 0.525. The highest BCUT2D eigenvalue weighted by atomic mass is 16.5. The highest BCUT2D eigenvalue weighted by Crippen LogP contribution is 2.37. The number of nitrogens with zero attached hydrogens (tertiary/aromatic N) is 5. The van der Waals surface area contributed by atoms with Crippen molar-refractivity contribution in [2.45, 2.75) is 18.4 Å². The molecule has 4 rings (SSSR count). The molecule has 2 aromatic rings. The van der Waals surface area contributed by atoms with E-state index in [-0.39, 0.29) is 11.5 Å². The predicted octanol–water partition coefficient (Wildman–Crippen LogP) is 0.625. The summed E-state index contributed by atoms with van der Waals surface area (Å²) in [4.78, 5) is 22.8. The molecule has 0 saturated carbocycles. The average Bonchev–Trinajstić information content (AvgIpc) is 3.05. The van der Waals surface area contributed by atoms with Crippen LogP contribution in [-0.4, -0.2) is 57.5 Å². The normalized spacial score (nSPS) is 21.8. The minimum absolute atomic E-state index is 0.0664. The summed E-state index contributed by atoms with van der Waals surface area (Å²) in [5.74, 6) is 1.04. The minimum Gasteiger partial charge on any atom is -0.371 e. The minimum atomic E-state index is -0.0792. The molecule has 0 bridgehead atoms. The highest BCUT2D eigenvalue weighted by Gasteiger charge is 2.47. The van der Waals surface area contributed by atoms with Crippen LogP contribution in [0.2, 0.25) is 0 Å². The first kappa shape index (κ1) is 16.0. The fraction of sp³-hybridized carbons (Fsp3) is 0.529. The molecule has 8 heteroatoms. The number of aromatic nitrogens is 4. The molecule has 0 aromatic carbocycles. The molecule has 1 unspecified atom stereocenters. The van der Waals surface area contributed by atoms with Gasteiger partial charge in [0.05, 0.1) is 31.5 Å². The van der Waals surface area contributed by atoms with E-state index >= 15 is 0 Å². The Kier molecular flexibility index (Phi) is 4.12. The van der Waals surface area contributed by atoms with Crippen molar-refractivity contribution in [1.29, 1.82) is 0 Å². The van der Waals surface area contributed by atoms with E-state index < -0.39 is 0 Å². The van der Waals surface area contributed by atoms with Crippen molar-refractivity contribution in [3.05, 3.63) is 36.4 Å². The lowest BCUT2D eigenvalue weighted by molar-refractivity contribution is -0.115. The van der Waals surface area contributed by atoms with Gasteiger partial charge in [-0.3, -0.25) is 9.48 Å². The van der Waals surface area contributed by atoms with Crippen molar-refractivity contribution >= 4 is 11.9 Å². The number of aryl methyl sites for hydroxylation is 1. The quantitative estimate of drug-likeness (QED) is 0.877. The van der Waals surface area contributed by atoms with Gasteiger partial charge in [0.15, 0.2) is 0 Å². The number of carbonyl (C=O) groups excluding carboxylic acids is 1. The molecule has 2 fully saturated rings. The molecular weight excluding hydrogens is 320 g/mol. The van der Waals surface area contributed by atoms with Crippen LogP contribution in [0.5, 0.6) is 0 Å². The molecule has 2 aliphatic rings. The summed E-state index contributed by atoms with van der Waals surface area (Å²) < 4.78 is 7.77. The fourth-order valence-corrected chi connectivity index (χ4v) is 3.45. The third-order valence-corrected chi connectivity index (χ3v) is 4.94. The maximum atomic E-state index is 12.1. The lowest BCUT2D eigenvalue weighted by Gasteiger charge is -2.52. The van der Waals surface area contributed by atoms with Crippen LogP contribution in [0, 0.1) is 5.92 Å². The lowest BCUT2D eigenvalue weighted by Crippen LogP contribution is -2.65. The summed E-state index contributed by atoms with van der Waals surface area (Å²) in [5, 5.41) is 7.00. The lowest BCUT2D eigenvalue weighted by atomic mass is 9.83. The van der Waals surface area contributed by atoms with Gasteiger partial charge < -0.3 is 15.0 Å². The maximum absolute atomic E-state index is 12.1. The van der Waals surface area contributed by atoms with Gasteiger partial charge in [0.25, 0.3) is 5.91 Å². The highest BCUT2D eigenvalue weighted by molar-refractivity contribution is 5.93. The Hall–Kier alpha value is -2.48. The molecule has 1 amide bonds. The fourth-order valence-electron chi connectivity index (χ4n) is 3.45. The molecule has 1 atom stereocenters. The number of carbonyl (C=O) groups is 1. The summed E-state index contributed by atoms with van der Waals surface area (Å²) in [7, 11) is 1.80. The Labute approximate surface area is 146 Å². The van der Waals surface area contributed by atoms with Crippen molar-refractivity contribution in [1.82, 2.24) is 25.1 Å². The second kappa shape index (κ2) is 6.44. The van der Waals surface area contributed by atoms with Crippen LogP contribution in [0.15, 0.2) is 30.9 Å². The molecule has 1 N–H and O–H groups in total. The van der Waals surface area contributed by atoms with Gasteiger partial charge in [-0.15, -0.1) is 0 Å². The van der Waals surface area contributed by atoms with Crippen molar-refractivity contribution < 1.29 is 9.53 Å². The van der Waals surface area contributed by atoms with Gasteiger partial charge in [0.2, 0.25) is 5.95 Å². The Morgan fingerprint density at radius 3 is 2.84 bits per heavy atom. The number of nitrogens with one attached hydrogen (secondary N) is 1. The van der Waals surface area contributed by atoms with Crippen molar-refractivity contribution in [3.8, 4) is 0 Å². The second-order valence-corrected chi connectivity index (χ2v) is 6.92. The molecule has 2 aliphatic heterocycles. The van der Waals surface area contributed by atoms with Crippen LogP contribution >= 0.6 is 0 Å². The van der Waals surface area contributed by atoms with E-state index in [0.29, 0.717) is 24.6 Å². The van der Waals surface area contributed by atoms with Crippen molar-refractivity contribution in [2.75, 3.05) is 31.1 Å². The number of hydrogen-bond acceptors (Lipinski definition) is 6. The van der Waals surface area contributed by atoms with Crippen LogP contribution in [-0.2, 0) is 11.8 Å². The van der Waals surface area contributed by atoms with E-state index in [2.05, 4.69) is 25.3 Å². The third kappa shape index (κ3) is 3.34. The van der Waals surface area contributed by atoms with E-state index in [9.17, 15) is 4.79 Å². The summed E-state index contributed by atoms with van der Waals surface area (Å²) in [6, 6.07) is 1.82. The van der Waals surface area contributed by atoms with Crippen LogP contribution in [0.3, 0.4) is 0 Å².